The number of benzene rings is 1. The van der Waals surface area contributed by atoms with E-state index in [2.05, 4.69) is 10.3 Å². The zero-order valence-corrected chi connectivity index (χ0v) is 19.5. The van der Waals surface area contributed by atoms with Crippen LogP contribution in [-0.2, 0) is 14.3 Å². The highest BCUT2D eigenvalue weighted by Crippen LogP contribution is 2.38. The number of ether oxygens (including phenoxy) is 4. The minimum atomic E-state index is -1.43. The van der Waals surface area contributed by atoms with Crippen LogP contribution in [0.2, 0.25) is 0 Å². The van der Waals surface area contributed by atoms with Crippen molar-refractivity contribution in [2.45, 2.75) is 50.5 Å². The Bertz CT molecular complexity index is 1030. The topological polar surface area (TPSA) is 116 Å². The summed E-state index contributed by atoms with van der Waals surface area (Å²) in [4.78, 5) is 28.5. The minimum Gasteiger partial charge on any atom is -0.503 e. The van der Waals surface area contributed by atoms with Crippen molar-refractivity contribution in [3.05, 3.63) is 47.5 Å². The number of halogens is 1. The van der Waals surface area contributed by atoms with E-state index in [0.29, 0.717) is 17.6 Å². The number of carbonyl (C=O) groups excluding carboxylic acids is 2. The number of aldehydes is 1. The van der Waals surface area contributed by atoms with Crippen molar-refractivity contribution >= 4 is 12.2 Å². The van der Waals surface area contributed by atoms with Gasteiger partial charge in [0.15, 0.2) is 17.2 Å². The zero-order valence-electron chi connectivity index (χ0n) is 19.5. The van der Waals surface area contributed by atoms with Crippen molar-refractivity contribution in [1.29, 1.82) is 0 Å². The molecule has 2 aromatic rings. The molecule has 1 amide bonds. The average molecular weight is 477 g/mol. The van der Waals surface area contributed by atoms with Crippen LogP contribution in [0.3, 0.4) is 0 Å². The summed E-state index contributed by atoms with van der Waals surface area (Å²) in [5, 5.41) is 12.7. The van der Waals surface area contributed by atoms with Gasteiger partial charge in [-0.05, 0) is 38.8 Å². The predicted octanol–water partition coefficient (Wildman–Crippen LogP) is 2.96. The van der Waals surface area contributed by atoms with Crippen LogP contribution in [0, 0.1) is 5.82 Å². The van der Waals surface area contributed by atoms with Crippen molar-refractivity contribution in [2.24, 2.45) is 0 Å². The fraction of sp³-hybridized carbons (Fsp3) is 0.458. The number of aromatic hydroxyl groups is 1. The molecule has 0 saturated heterocycles. The lowest BCUT2D eigenvalue weighted by Crippen LogP contribution is -2.52. The molecule has 0 spiro atoms. The van der Waals surface area contributed by atoms with Gasteiger partial charge in [0, 0.05) is 23.9 Å². The second-order valence-electron chi connectivity index (χ2n) is 8.36. The van der Waals surface area contributed by atoms with Crippen LogP contribution in [0.15, 0.2) is 30.5 Å². The van der Waals surface area contributed by atoms with Gasteiger partial charge in [-0.3, -0.25) is 4.79 Å². The Hall–Kier alpha value is -3.24. The summed E-state index contributed by atoms with van der Waals surface area (Å²) in [5.41, 5.74) is -1.10. The van der Waals surface area contributed by atoms with E-state index in [1.54, 1.807) is 13.0 Å². The normalized spacial score (nSPS) is 16.7. The van der Waals surface area contributed by atoms with Crippen molar-refractivity contribution in [2.75, 3.05) is 20.8 Å². The molecule has 2 N–H and O–H groups in total. The number of hydrogen-bond donors (Lipinski definition) is 2. The second kappa shape index (κ2) is 10.8. The summed E-state index contributed by atoms with van der Waals surface area (Å²) in [6, 6.07) is 5.57. The first-order valence-corrected chi connectivity index (χ1v) is 10.8. The molecule has 1 fully saturated rings. The molecular weight excluding hydrogens is 447 g/mol. The van der Waals surface area contributed by atoms with Crippen LogP contribution < -0.4 is 14.8 Å². The van der Waals surface area contributed by atoms with Gasteiger partial charge in [-0.15, -0.1) is 0 Å². The largest absolute Gasteiger partial charge is 0.503 e. The highest BCUT2D eigenvalue weighted by Gasteiger charge is 2.35. The lowest BCUT2D eigenvalue weighted by atomic mass is 10.0. The molecule has 1 aromatic heterocycles. The van der Waals surface area contributed by atoms with Gasteiger partial charge in [-0.25, -0.2) is 9.37 Å². The number of pyridine rings is 1. The number of aromatic nitrogens is 1. The Morgan fingerprint density at radius 2 is 2.00 bits per heavy atom. The van der Waals surface area contributed by atoms with Crippen LogP contribution in [0.4, 0.5) is 4.39 Å². The van der Waals surface area contributed by atoms with Gasteiger partial charge >= 0.3 is 0 Å². The maximum absolute atomic E-state index is 13.7. The van der Waals surface area contributed by atoms with E-state index in [4.69, 9.17) is 18.9 Å². The number of rotatable bonds is 12. The van der Waals surface area contributed by atoms with Crippen LogP contribution in [-0.4, -0.2) is 60.9 Å². The van der Waals surface area contributed by atoms with Gasteiger partial charge in [0.05, 0.1) is 33.0 Å². The SMILES string of the molecule is COc1cc(F)ccc1[C@@H](OC1CC1)[C@H](C)OC[C@](C)(C=O)NC(=O)c1nccc(OC)c1O. The number of hydrogen-bond acceptors (Lipinski definition) is 8. The molecule has 1 heterocycles. The molecule has 34 heavy (non-hydrogen) atoms. The summed E-state index contributed by atoms with van der Waals surface area (Å²) in [7, 11) is 2.79. The van der Waals surface area contributed by atoms with Crippen molar-refractivity contribution < 1.29 is 38.0 Å². The maximum Gasteiger partial charge on any atom is 0.274 e. The highest BCUT2D eigenvalue weighted by molar-refractivity contribution is 5.97. The van der Waals surface area contributed by atoms with Crippen molar-refractivity contribution in [3.63, 3.8) is 0 Å². The molecule has 3 atom stereocenters. The van der Waals surface area contributed by atoms with E-state index < -0.39 is 35.2 Å². The highest BCUT2D eigenvalue weighted by atomic mass is 19.1. The first kappa shape index (κ1) is 25.4. The number of amides is 1. The Morgan fingerprint density at radius 1 is 1.29 bits per heavy atom. The standard InChI is InChI=1S/C24H29FN2O7/c1-14(22(34-16-6-7-16)17-8-5-15(25)11-19(17)32-4)33-13-24(2,12-28)27-23(30)20-21(29)18(31-3)9-10-26-20/h5,8-12,14,16,22,29H,6-7,13H2,1-4H3,(H,27,30)/t14-,22-,24-/m0/s1. The molecule has 3 rings (SSSR count). The minimum absolute atomic E-state index is 0.0603. The molecule has 1 aromatic carbocycles. The summed E-state index contributed by atoms with van der Waals surface area (Å²) in [5.74, 6) is -1.25. The van der Waals surface area contributed by atoms with E-state index in [1.165, 1.54) is 45.5 Å². The fourth-order valence-corrected chi connectivity index (χ4v) is 3.35. The number of carbonyl (C=O) groups is 2. The van der Waals surface area contributed by atoms with E-state index in [-0.39, 0.29) is 24.2 Å². The molecule has 1 aliphatic rings. The third-order valence-electron chi connectivity index (χ3n) is 5.42. The lowest BCUT2D eigenvalue weighted by Gasteiger charge is -2.30. The van der Waals surface area contributed by atoms with Crippen molar-refractivity contribution in [1.82, 2.24) is 10.3 Å². The van der Waals surface area contributed by atoms with E-state index in [9.17, 15) is 19.1 Å². The number of nitrogens with zero attached hydrogens (tertiary/aromatic N) is 1. The Balaban J connectivity index is 1.73. The zero-order chi connectivity index (χ0) is 24.9. The monoisotopic (exact) mass is 476 g/mol. The van der Waals surface area contributed by atoms with Gasteiger partial charge in [-0.2, -0.15) is 0 Å². The van der Waals surface area contributed by atoms with E-state index >= 15 is 0 Å². The third-order valence-corrected chi connectivity index (χ3v) is 5.42. The van der Waals surface area contributed by atoms with Gasteiger partial charge in [0.1, 0.15) is 29.5 Å². The van der Waals surface area contributed by atoms with Crippen molar-refractivity contribution in [3.8, 4) is 17.2 Å². The molecule has 1 aliphatic carbocycles. The van der Waals surface area contributed by atoms with Crippen LogP contribution in [0.25, 0.3) is 0 Å². The maximum atomic E-state index is 13.7. The smallest absolute Gasteiger partial charge is 0.274 e. The Morgan fingerprint density at radius 3 is 2.62 bits per heavy atom. The Kier molecular flexibility index (Phi) is 8.06. The predicted molar refractivity (Wildman–Crippen MR) is 120 cm³/mol. The van der Waals surface area contributed by atoms with Gasteiger partial charge in [0.25, 0.3) is 5.91 Å². The molecule has 0 radical (unpaired) electrons. The molecule has 0 aliphatic heterocycles. The molecule has 0 bridgehead atoms. The molecule has 1 saturated carbocycles. The molecule has 9 nitrogen and oxygen atoms in total. The molecular formula is C24H29FN2O7. The summed E-state index contributed by atoms with van der Waals surface area (Å²) in [6.07, 6.45) is 2.57. The second-order valence-corrected chi connectivity index (χ2v) is 8.36. The first-order chi connectivity index (χ1) is 16.2. The summed E-state index contributed by atoms with van der Waals surface area (Å²) < 4.78 is 36.1. The molecule has 10 heteroatoms. The summed E-state index contributed by atoms with van der Waals surface area (Å²) >= 11 is 0. The molecule has 0 unspecified atom stereocenters. The average Bonchev–Trinajstić information content (AvgIpc) is 3.65. The van der Waals surface area contributed by atoms with Crippen LogP contribution in [0.5, 0.6) is 17.2 Å². The number of methoxy groups -OCH3 is 2. The number of nitrogens with one attached hydrogen (secondary N) is 1. The summed E-state index contributed by atoms with van der Waals surface area (Å²) in [6.45, 7) is 3.05. The third kappa shape index (κ3) is 6.00. The molecule has 184 valence electrons. The van der Waals surface area contributed by atoms with Crippen LogP contribution in [0.1, 0.15) is 48.8 Å². The fourth-order valence-electron chi connectivity index (χ4n) is 3.35. The van der Waals surface area contributed by atoms with E-state index in [0.717, 1.165) is 12.8 Å². The Labute approximate surface area is 197 Å². The quantitative estimate of drug-likeness (QED) is 0.449. The van der Waals surface area contributed by atoms with Gasteiger partial charge < -0.3 is 34.2 Å². The van der Waals surface area contributed by atoms with Gasteiger partial charge in [0.2, 0.25) is 0 Å². The first-order valence-electron chi connectivity index (χ1n) is 10.8. The van der Waals surface area contributed by atoms with E-state index in [1.807, 2.05) is 0 Å². The lowest BCUT2D eigenvalue weighted by molar-refractivity contribution is -0.120. The van der Waals surface area contributed by atoms with Crippen LogP contribution >= 0.6 is 0 Å². The van der Waals surface area contributed by atoms with Gasteiger partial charge in [-0.1, -0.05) is 0 Å².